The first kappa shape index (κ1) is 13.4. The topological polar surface area (TPSA) is 89.2 Å². The number of aromatic nitrogens is 1. The van der Waals surface area contributed by atoms with Crippen LogP contribution >= 0.6 is 0 Å². The highest BCUT2D eigenvalue weighted by Gasteiger charge is 2.24. The van der Waals surface area contributed by atoms with Crippen LogP contribution < -0.4 is 5.32 Å². The molecule has 0 fully saturated rings. The Balaban J connectivity index is 3.19. The van der Waals surface area contributed by atoms with Crippen LogP contribution in [0.4, 0.5) is 5.82 Å². The number of pyridine rings is 1. The largest absolute Gasteiger partial charge is 0.394 e. The van der Waals surface area contributed by atoms with Gasteiger partial charge in [-0.05, 0) is 32.4 Å². The summed E-state index contributed by atoms with van der Waals surface area (Å²) in [6.45, 7) is 4.82. The normalized spacial score (nSPS) is 11.1. The molecule has 0 unspecified atom stereocenters. The summed E-state index contributed by atoms with van der Waals surface area (Å²) in [5.74, 6) is 0.399. The Labute approximate surface area is 101 Å². The summed E-state index contributed by atoms with van der Waals surface area (Å²) < 4.78 is 0. The van der Waals surface area contributed by atoms with Gasteiger partial charge in [-0.25, -0.2) is 4.98 Å². The number of aliphatic hydroxyl groups is 2. The lowest BCUT2D eigenvalue weighted by molar-refractivity contribution is 0.147. The Bertz CT molecular complexity index is 448. The lowest BCUT2D eigenvalue weighted by Gasteiger charge is -2.27. The van der Waals surface area contributed by atoms with Crippen molar-refractivity contribution in [1.29, 1.82) is 5.26 Å². The standard InChI is InChI=1S/C12H17N3O2/c1-8-4-9(2)14-11(10(8)5-13)15-12(3,6-16)7-17/h4,16-17H,6-7H2,1-3H3,(H,14,15). The molecule has 0 aliphatic heterocycles. The third kappa shape index (κ3) is 2.93. The lowest BCUT2D eigenvalue weighted by atomic mass is 10.0. The lowest BCUT2D eigenvalue weighted by Crippen LogP contribution is -2.43. The molecule has 0 atom stereocenters. The molecular weight excluding hydrogens is 218 g/mol. The van der Waals surface area contributed by atoms with Gasteiger partial charge in [-0.15, -0.1) is 0 Å². The molecule has 1 heterocycles. The van der Waals surface area contributed by atoms with E-state index in [1.54, 1.807) is 6.92 Å². The van der Waals surface area contributed by atoms with E-state index in [0.29, 0.717) is 11.4 Å². The van der Waals surface area contributed by atoms with Gasteiger partial charge in [0.1, 0.15) is 11.9 Å². The van der Waals surface area contributed by atoms with Crippen LogP contribution in [0.25, 0.3) is 0 Å². The molecule has 0 saturated heterocycles. The molecule has 0 radical (unpaired) electrons. The maximum absolute atomic E-state index is 9.22. The molecule has 1 aromatic heterocycles. The zero-order valence-corrected chi connectivity index (χ0v) is 10.3. The van der Waals surface area contributed by atoms with Crippen LogP contribution in [0, 0.1) is 25.2 Å². The Kier molecular flexibility index (Phi) is 4.05. The minimum absolute atomic E-state index is 0.247. The van der Waals surface area contributed by atoms with E-state index in [2.05, 4.69) is 16.4 Å². The van der Waals surface area contributed by atoms with E-state index in [9.17, 15) is 10.2 Å². The summed E-state index contributed by atoms with van der Waals surface area (Å²) >= 11 is 0. The first-order valence-corrected chi connectivity index (χ1v) is 5.34. The van der Waals surface area contributed by atoms with E-state index < -0.39 is 5.54 Å². The second-order valence-electron chi connectivity index (χ2n) is 4.42. The molecule has 0 amide bonds. The maximum atomic E-state index is 9.22. The molecular formula is C12H17N3O2. The van der Waals surface area contributed by atoms with E-state index in [-0.39, 0.29) is 13.2 Å². The van der Waals surface area contributed by atoms with Crippen molar-refractivity contribution in [2.24, 2.45) is 0 Å². The number of aliphatic hydroxyl groups excluding tert-OH is 2. The van der Waals surface area contributed by atoms with Crippen LogP contribution in [-0.4, -0.2) is 33.9 Å². The first-order valence-electron chi connectivity index (χ1n) is 5.34. The van der Waals surface area contributed by atoms with E-state index in [1.165, 1.54) is 0 Å². The Hall–Kier alpha value is -1.64. The molecule has 17 heavy (non-hydrogen) atoms. The highest BCUT2D eigenvalue weighted by Crippen LogP contribution is 2.21. The fraction of sp³-hybridized carbons (Fsp3) is 0.500. The summed E-state index contributed by atoms with van der Waals surface area (Å²) in [7, 11) is 0. The van der Waals surface area contributed by atoms with Gasteiger partial charge in [-0.1, -0.05) is 0 Å². The van der Waals surface area contributed by atoms with Crippen molar-refractivity contribution in [3.05, 3.63) is 22.9 Å². The van der Waals surface area contributed by atoms with Crippen LogP contribution in [0.15, 0.2) is 6.07 Å². The van der Waals surface area contributed by atoms with E-state index in [4.69, 9.17) is 5.26 Å². The number of hydrogen-bond donors (Lipinski definition) is 3. The van der Waals surface area contributed by atoms with Gasteiger partial charge in [0.05, 0.1) is 24.3 Å². The van der Waals surface area contributed by atoms with E-state index in [0.717, 1.165) is 11.3 Å². The molecule has 5 heteroatoms. The molecule has 3 N–H and O–H groups in total. The minimum atomic E-state index is -0.890. The molecule has 5 nitrogen and oxygen atoms in total. The van der Waals surface area contributed by atoms with Crippen molar-refractivity contribution in [3.63, 3.8) is 0 Å². The molecule has 0 bridgehead atoms. The number of nitriles is 1. The Morgan fingerprint density at radius 1 is 1.41 bits per heavy atom. The molecule has 0 aliphatic rings. The average molecular weight is 235 g/mol. The fourth-order valence-corrected chi connectivity index (χ4v) is 1.48. The predicted molar refractivity (Wildman–Crippen MR) is 64.6 cm³/mol. The highest BCUT2D eigenvalue weighted by atomic mass is 16.3. The Morgan fingerprint density at radius 2 is 2.00 bits per heavy atom. The fourth-order valence-electron chi connectivity index (χ4n) is 1.48. The van der Waals surface area contributed by atoms with Crippen molar-refractivity contribution in [3.8, 4) is 6.07 Å². The summed E-state index contributed by atoms with van der Waals surface area (Å²) in [6.07, 6.45) is 0. The van der Waals surface area contributed by atoms with Crippen LogP contribution in [0.1, 0.15) is 23.7 Å². The first-order chi connectivity index (χ1) is 7.95. The predicted octanol–water partition coefficient (Wildman–Crippen LogP) is 0.725. The smallest absolute Gasteiger partial charge is 0.145 e. The number of nitrogens with one attached hydrogen (secondary N) is 1. The second-order valence-corrected chi connectivity index (χ2v) is 4.42. The van der Waals surface area contributed by atoms with Gasteiger partial charge in [0.2, 0.25) is 0 Å². The zero-order valence-electron chi connectivity index (χ0n) is 10.3. The van der Waals surface area contributed by atoms with Crippen LogP contribution in [0.5, 0.6) is 0 Å². The number of aryl methyl sites for hydroxylation is 2. The summed E-state index contributed by atoms with van der Waals surface area (Å²) in [4.78, 5) is 4.23. The number of hydrogen-bond acceptors (Lipinski definition) is 5. The SMILES string of the molecule is Cc1cc(C)c(C#N)c(NC(C)(CO)CO)n1. The number of anilines is 1. The summed E-state index contributed by atoms with van der Waals surface area (Å²) in [5, 5.41) is 30.4. The molecule has 0 spiro atoms. The second kappa shape index (κ2) is 5.13. The number of nitrogens with zero attached hydrogens (tertiary/aromatic N) is 2. The van der Waals surface area contributed by atoms with Crippen molar-refractivity contribution in [2.75, 3.05) is 18.5 Å². The summed E-state index contributed by atoms with van der Waals surface area (Å²) in [6, 6.07) is 3.89. The van der Waals surface area contributed by atoms with Crippen molar-refractivity contribution >= 4 is 5.82 Å². The quantitative estimate of drug-likeness (QED) is 0.715. The third-order valence-corrected chi connectivity index (χ3v) is 2.57. The average Bonchev–Trinajstić information content (AvgIpc) is 2.28. The van der Waals surface area contributed by atoms with Gasteiger partial charge in [0, 0.05) is 5.69 Å². The van der Waals surface area contributed by atoms with E-state index in [1.807, 2.05) is 19.9 Å². The molecule has 0 aliphatic carbocycles. The molecule has 0 saturated carbocycles. The molecule has 1 rings (SSSR count). The molecule has 0 aromatic carbocycles. The van der Waals surface area contributed by atoms with Crippen molar-refractivity contribution in [2.45, 2.75) is 26.3 Å². The highest BCUT2D eigenvalue weighted by molar-refractivity contribution is 5.57. The van der Waals surface area contributed by atoms with E-state index >= 15 is 0 Å². The van der Waals surface area contributed by atoms with Gasteiger partial charge in [0.15, 0.2) is 0 Å². The number of rotatable bonds is 4. The van der Waals surface area contributed by atoms with Crippen LogP contribution in [-0.2, 0) is 0 Å². The van der Waals surface area contributed by atoms with Gasteiger partial charge in [-0.3, -0.25) is 0 Å². The minimum Gasteiger partial charge on any atom is -0.394 e. The van der Waals surface area contributed by atoms with Crippen LogP contribution in [0.3, 0.4) is 0 Å². The third-order valence-electron chi connectivity index (χ3n) is 2.57. The Morgan fingerprint density at radius 3 is 2.47 bits per heavy atom. The zero-order chi connectivity index (χ0) is 13.1. The van der Waals surface area contributed by atoms with Crippen LogP contribution in [0.2, 0.25) is 0 Å². The van der Waals surface area contributed by atoms with Crippen molar-refractivity contribution in [1.82, 2.24) is 4.98 Å². The van der Waals surface area contributed by atoms with Gasteiger partial charge >= 0.3 is 0 Å². The summed E-state index contributed by atoms with van der Waals surface area (Å²) in [5.41, 5.74) is 1.14. The van der Waals surface area contributed by atoms with Gasteiger partial charge in [-0.2, -0.15) is 5.26 Å². The molecule has 92 valence electrons. The monoisotopic (exact) mass is 235 g/mol. The maximum Gasteiger partial charge on any atom is 0.145 e. The van der Waals surface area contributed by atoms with Gasteiger partial charge < -0.3 is 15.5 Å². The van der Waals surface area contributed by atoms with Crippen molar-refractivity contribution < 1.29 is 10.2 Å². The molecule has 1 aromatic rings. The van der Waals surface area contributed by atoms with Gasteiger partial charge in [0.25, 0.3) is 0 Å².